The van der Waals surface area contributed by atoms with E-state index in [2.05, 4.69) is 22.5 Å². The van der Waals surface area contributed by atoms with E-state index in [0.29, 0.717) is 11.4 Å². The Morgan fingerprint density at radius 3 is 2.30 bits per heavy atom. The fourth-order valence-electron chi connectivity index (χ4n) is 2.11. The molecule has 1 rings (SSSR count). The molecule has 0 amide bonds. The molecule has 130 valence electrons. The van der Waals surface area contributed by atoms with Crippen LogP contribution in [0, 0.1) is 0 Å². The highest BCUT2D eigenvalue weighted by molar-refractivity contribution is 7.90. The van der Waals surface area contributed by atoms with E-state index in [-0.39, 0.29) is 0 Å². The number of nitrogens with zero attached hydrogens (tertiary/aromatic N) is 1. The van der Waals surface area contributed by atoms with E-state index in [9.17, 15) is 8.42 Å². The third-order valence-corrected chi connectivity index (χ3v) is 4.57. The Balaban J connectivity index is 2.55. The third-order valence-electron chi connectivity index (χ3n) is 3.44. The lowest BCUT2D eigenvalue weighted by molar-refractivity contribution is 0.602. The maximum absolute atomic E-state index is 11.4. The molecule has 2 N–H and O–H groups in total. The van der Waals surface area contributed by atoms with Gasteiger partial charge in [0.15, 0.2) is 15.8 Å². The SMILES string of the molecule is CCCCCCNC(=NCc1ccc(S(C)(=O)=O)cc1)NCC. The van der Waals surface area contributed by atoms with Crippen LogP contribution in [0.2, 0.25) is 0 Å². The number of hydrogen-bond acceptors (Lipinski definition) is 3. The lowest BCUT2D eigenvalue weighted by atomic mass is 10.2. The van der Waals surface area contributed by atoms with Crippen molar-refractivity contribution in [1.29, 1.82) is 0 Å². The lowest BCUT2D eigenvalue weighted by Crippen LogP contribution is -2.37. The summed E-state index contributed by atoms with van der Waals surface area (Å²) in [7, 11) is -3.14. The summed E-state index contributed by atoms with van der Waals surface area (Å²) in [6.07, 6.45) is 6.09. The van der Waals surface area contributed by atoms with Gasteiger partial charge in [-0.15, -0.1) is 0 Å². The quantitative estimate of drug-likeness (QED) is 0.412. The van der Waals surface area contributed by atoms with Gasteiger partial charge in [-0.3, -0.25) is 0 Å². The first-order chi connectivity index (χ1) is 11.0. The van der Waals surface area contributed by atoms with E-state index in [1.807, 2.05) is 19.1 Å². The second-order valence-electron chi connectivity index (χ2n) is 5.60. The summed E-state index contributed by atoms with van der Waals surface area (Å²) in [6, 6.07) is 6.88. The molecule has 0 saturated carbocycles. The summed E-state index contributed by atoms with van der Waals surface area (Å²) in [5.74, 6) is 0.802. The average molecular weight is 340 g/mol. The molecule has 5 nitrogen and oxygen atoms in total. The molecule has 0 fully saturated rings. The molecule has 0 heterocycles. The number of guanidine groups is 1. The molecule has 1 aromatic carbocycles. The molecular weight excluding hydrogens is 310 g/mol. The molecule has 6 heteroatoms. The van der Waals surface area contributed by atoms with Crippen molar-refractivity contribution in [3.8, 4) is 0 Å². The van der Waals surface area contributed by atoms with E-state index in [0.717, 1.165) is 31.0 Å². The number of aliphatic imine (C=N–C) groups is 1. The molecule has 23 heavy (non-hydrogen) atoms. The first-order valence-corrected chi connectivity index (χ1v) is 10.2. The zero-order valence-electron chi connectivity index (χ0n) is 14.4. The van der Waals surface area contributed by atoms with Gasteiger partial charge in [0.25, 0.3) is 0 Å². The molecule has 0 aliphatic heterocycles. The molecule has 0 aliphatic carbocycles. The molecule has 0 unspecified atom stereocenters. The van der Waals surface area contributed by atoms with Crippen LogP contribution in [0.1, 0.15) is 45.1 Å². The predicted molar refractivity (Wildman–Crippen MR) is 96.5 cm³/mol. The van der Waals surface area contributed by atoms with Gasteiger partial charge in [-0.25, -0.2) is 13.4 Å². The number of unbranched alkanes of at least 4 members (excludes halogenated alkanes) is 3. The molecule has 0 aromatic heterocycles. The highest BCUT2D eigenvalue weighted by atomic mass is 32.2. The van der Waals surface area contributed by atoms with E-state index in [4.69, 9.17) is 0 Å². The molecule has 0 saturated heterocycles. The van der Waals surface area contributed by atoms with Gasteiger partial charge in [0.1, 0.15) is 0 Å². The highest BCUT2D eigenvalue weighted by Crippen LogP contribution is 2.10. The number of benzene rings is 1. The Morgan fingerprint density at radius 1 is 1.04 bits per heavy atom. The maximum Gasteiger partial charge on any atom is 0.191 e. The number of sulfone groups is 1. The average Bonchev–Trinajstić information content (AvgIpc) is 2.52. The highest BCUT2D eigenvalue weighted by Gasteiger charge is 2.06. The lowest BCUT2D eigenvalue weighted by Gasteiger charge is -2.11. The molecule has 1 aromatic rings. The maximum atomic E-state index is 11.4. The molecule has 0 spiro atoms. The van der Waals surface area contributed by atoms with Crippen molar-refractivity contribution in [1.82, 2.24) is 10.6 Å². The minimum Gasteiger partial charge on any atom is -0.357 e. The van der Waals surface area contributed by atoms with E-state index in [1.54, 1.807) is 12.1 Å². The monoisotopic (exact) mass is 339 g/mol. The van der Waals surface area contributed by atoms with Crippen LogP contribution in [-0.4, -0.2) is 33.7 Å². The Bertz CT molecular complexity index is 580. The van der Waals surface area contributed by atoms with Gasteiger partial charge in [0.05, 0.1) is 11.4 Å². The normalized spacial score (nSPS) is 12.2. The van der Waals surface area contributed by atoms with Crippen LogP contribution in [0.25, 0.3) is 0 Å². The van der Waals surface area contributed by atoms with Gasteiger partial charge >= 0.3 is 0 Å². The first-order valence-electron chi connectivity index (χ1n) is 8.28. The zero-order chi connectivity index (χ0) is 17.1. The van der Waals surface area contributed by atoms with Gasteiger partial charge in [-0.1, -0.05) is 38.3 Å². The summed E-state index contributed by atoms with van der Waals surface area (Å²) in [6.45, 7) is 6.49. The van der Waals surface area contributed by atoms with Crippen molar-refractivity contribution < 1.29 is 8.42 Å². The zero-order valence-corrected chi connectivity index (χ0v) is 15.2. The Labute approximate surface area is 140 Å². The molecule has 0 aliphatic rings. The number of nitrogens with one attached hydrogen (secondary N) is 2. The summed E-state index contributed by atoms with van der Waals surface area (Å²) in [4.78, 5) is 4.88. The van der Waals surface area contributed by atoms with Crippen molar-refractivity contribution in [2.45, 2.75) is 51.0 Å². The van der Waals surface area contributed by atoms with Crippen LogP contribution in [0.15, 0.2) is 34.2 Å². The van der Waals surface area contributed by atoms with Crippen molar-refractivity contribution in [3.63, 3.8) is 0 Å². The summed E-state index contributed by atoms with van der Waals surface area (Å²) in [5.41, 5.74) is 0.987. The van der Waals surface area contributed by atoms with E-state index < -0.39 is 9.84 Å². The van der Waals surface area contributed by atoms with Crippen LogP contribution in [0.4, 0.5) is 0 Å². The summed E-state index contributed by atoms with van der Waals surface area (Å²) in [5, 5.41) is 6.55. The van der Waals surface area contributed by atoms with Gasteiger partial charge < -0.3 is 10.6 Å². The number of hydrogen-bond donors (Lipinski definition) is 2. The standard InChI is InChI=1S/C17H29N3O2S/c1-4-6-7-8-13-19-17(18-5-2)20-14-15-9-11-16(12-10-15)23(3,21)22/h9-12H,4-8,13-14H2,1-3H3,(H2,18,19,20). The van der Waals surface area contributed by atoms with Crippen LogP contribution >= 0.6 is 0 Å². The Morgan fingerprint density at radius 2 is 1.74 bits per heavy atom. The predicted octanol–water partition coefficient (Wildman–Crippen LogP) is 2.73. The second kappa shape index (κ2) is 10.3. The van der Waals surface area contributed by atoms with Crippen molar-refractivity contribution >= 4 is 15.8 Å². The fraction of sp³-hybridized carbons (Fsp3) is 0.588. The molecule has 0 bridgehead atoms. The minimum atomic E-state index is -3.14. The van der Waals surface area contributed by atoms with Crippen molar-refractivity contribution in [3.05, 3.63) is 29.8 Å². The molecular formula is C17H29N3O2S. The van der Waals surface area contributed by atoms with Crippen LogP contribution in [-0.2, 0) is 16.4 Å². The topological polar surface area (TPSA) is 70.6 Å². The van der Waals surface area contributed by atoms with Crippen LogP contribution in [0.5, 0.6) is 0 Å². The Kier molecular flexibility index (Phi) is 8.69. The first kappa shape index (κ1) is 19.5. The van der Waals surface area contributed by atoms with Crippen LogP contribution < -0.4 is 10.6 Å². The third kappa shape index (κ3) is 8.02. The smallest absolute Gasteiger partial charge is 0.191 e. The van der Waals surface area contributed by atoms with Gasteiger partial charge in [0, 0.05) is 19.3 Å². The van der Waals surface area contributed by atoms with Gasteiger partial charge in [0.2, 0.25) is 0 Å². The summed E-state index contributed by atoms with van der Waals surface area (Å²) >= 11 is 0. The molecule has 0 radical (unpaired) electrons. The van der Waals surface area contributed by atoms with E-state index >= 15 is 0 Å². The van der Waals surface area contributed by atoms with Crippen LogP contribution in [0.3, 0.4) is 0 Å². The van der Waals surface area contributed by atoms with Gasteiger partial charge in [-0.05, 0) is 31.0 Å². The van der Waals surface area contributed by atoms with E-state index in [1.165, 1.54) is 25.5 Å². The van der Waals surface area contributed by atoms with Crippen molar-refractivity contribution in [2.24, 2.45) is 4.99 Å². The summed E-state index contributed by atoms with van der Waals surface area (Å²) < 4.78 is 22.9. The Hall–Kier alpha value is -1.56. The second-order valence-corrected chi connectivity index (χ2v) is 7.61. The minimum absolute atomic E-state index is 0.339. The number of rotatable bonds is 9. The fourth-order valence-corrected chi connectivity index (χ4v) is 2.74. The largest absolute Gasteiger partial charge is 0.357 e. The van der Waals surface area contributed by atoms with Gasteiger partial charge in [-0.2, -0.15) is 0 Å². The van der Waals surface area contributed by atoms with Crippen molar-refractivity contribution in [2.75, 3.05) is 19.3 Å². The molecule has 0 atom stereocenters.